The second-order valence-electron chi connectivity index (χ2n) is 9.22. The van der Waals surface area contributed by atoms with Gasteiger partial charge in [0, 0.05) is 19.9 Å². The summed E-state index contributed by atoms with van der Waals surface area (Å²) in [7, 11) is -3.03. The smallest absolute Gasteiger partial charge is 0.408 e. The molecular weight excluding hydrogens is 504 g/mol. The number of aromatic hydroxyl groups is 1. The summed E-state index contributed by atoms with van der Waals surface area (Å²) in [6.45, 7) is 5.04. The SMILES string of the molecule is CNC(=O)C(Cc1ccc(NS(=O)(=O)O)cc1)NC(=O)C(Cc1ccc(O)cc1)NC(=O)OC(C)(C)C. The molecule has 0 spiro atoms. The lowest BCUT2D eigenvalue weighted by Crippen LogP contribution is -2.55. The average Bonchev–Trinajstić information content (AvgIpc) is 2.78. The van der Waals surface area contributed by atoms with E-state index in [4.69, 9.17) is 9.29 Å². The molecule has 0 aliphatic rings. The minimum absolute atomic E-state index is 0.0438. The van der Waals surface area contributed by atoms with Crippen molar-refractivity contribution >= 4 is 33.9 Å². The molecule has 202 valence electrons. The fourth-order valence-corrected chi connectivity index (χ4v) is 3.71. The lowest BCUT2D eigenvalue weighted by Gasteiger charge is -2.25. The van der Waals surface area contributed by atoms with Gasteiger partial charge in [-0.15, -0.1) is 0 Å². The molecule has 37 heavy (non-hydrogen) atoms. The van der Waals surface area contributed by atoms with E-state index in [0.29, 0.717) is 11.1 Å². The van der Waals surface area contributed by atoms with Crippen LogP contribution in [0.15, 0.2) is 48.5 Å². The third kappa shape index (κ3) is 10.8. The summed E-state index contributed by atoms with van der Waals surface area (Å²) in [5, 5.41) is 17.2. The Balaban J connectivity index is 2.21. The number of nitrogens with one attached hydrogen (secondary N) is 4. The highest BCUT2D eigenvalue weighted by Crippen LogP contribution is 2.15. The number of alkyl carbamates (subject to hydrolysis) is 1. The van der Waals surface area contributed by atoms with Crippen LogP contribution in [0.2, 0.25) is 0 Å². The van der Waals surface area contributed by atoms with Gasteiger partial charge >= 0.3 is 16.4 Å². The van der Waals surface area contributed by atoms with Crippen molar-refractivity contribution in [1.29, 1.82) is 0 Å². The fourth-order valence-electron chi connectivity index (χ4n) is 3.28. The molecule has 2 unspecified atom stereocenters. The molecular formula is C24H32N4O8S. The molecule has 0 aliphatic heterocycles. The van der Waals surface area contributed by atoms with Crippen molar-refractivity contribution in [3.8, 4) is 5.75 Å². The highest BCUT2D eigenvalue weighted by molar-refractivity contribution is 7.87. The van der Waals surface area contributed by atoms with Crippen molar-refractivity contribution in [2.75, 3.05) is 11.8 Å². The van der Waals surface area contributed by atoms with Crippen LogP contribution in [0, 0.1) is 0 Å². The Morgan fingerprint density at radius 2 is 1.35 bits per heavy atom. The molecule has 13 heteroatoms. The number of amides is 3. The molecule has 0 saturated heterocycles. The Morgan fingerprint density at radius 3 is 1.81 bits per heavy atom. The molecule has 0 heterocycles. The van der Waals surface area contributed by atoms with Crippen molar-refractivity contribution in [3.05, 3.63) is 59.7 Å². The normalized spacial score (nSPS) is 13.1. The number of carbonyl (C=O) groups is 3. The van der Waals surface area contributed by atoms with E-state index in [9.17, 15) is 27.9 Å². The van der Waals surface area contributed by atoms with Gasteiger partial charge in [0.05, 0.1) is 5.69 Å². The summed E-state index contributed by atoms with van der Waals surface area (Å²) in [6, 6.07) is 9.82. The highest BCUT2D eigenvalue weighted by Gasteiger charge is 2.28. The molecule has 2 atom stereocenters. The van der Waals surface area contributed by atoms with Gasteiger partial charge in [0.25, 0.3) is 0 Å². The Labute approximate surface area is 215 Å². The Bertz CT molecular complexity index is 1190. The number of carbonyl (C=O) groups excluding carboxylic acids is 3. The van der Waals surface area contributed by atoms with E-state index in [1.54, 1.807) is 32.9 Å². The number of likely N-dealkylation sites (N-methyl/N-ethyl adjacent to an activating group) is 1. The van der Waals surface area contributed by atoms with Crippen LogP contribution in [-0.4, -0.2) is 60.7 Å². The molecule has 12 nitrogen and oxygen atoms in total. The van der Waals surface area contributed by atoms with Crippen LogP contribution < -0.4 is 20.7 Å². The van der Waals surface area contributed by atoms with Crippen LogP contribution in [0.4, 0.5) is 10.5 Å². The number of anilines is 1. The largest absolute Gasteiger partial charge is 0.508 e. The first-order valence-corrected chi connectivity index (χ1v) is 12.7. The summed E-state index contributed by atoms with van der Waals surface area (Å²) in [6.07, 6.45) is -0.706. The summed E-state index contributed by atoms with van der Waals surface area (Å²) >= 11 is 0. The summed E-state index contributed by atoms with van der Waals surface area (Å²) in [4.78, 5) is 38.2. The van der Waals surface area contributed by atoms with E-state index in [2.05, 4.69) is 16.0 Å². The van der Waals surface area contributed by atoms with Gasteiger partial charge in [0.1, 0.15) is 23.4 Å². The fraction of sp³-hybridized carbons (Fsp3) is 0.375. The monoisotopic (exact) mass is 536 g/mol. The molecule has 0 fully saturated rings. The van der Waals surface area contributed by atoms with Crippen LogP contribution in [-0.2, 0) is 37.5 Å². The van der Waals surface area contributed by atoms with Crippen molar-refractivity contribution < 1.29 is 37.2 Å². The summed E-state index contributed by atoms with van der Waals surface area (Å²) in [5.74, 6) is -1.09. The van der Waals surface area contributed by atoms with Crippen LogP contribution >= 0.6 is 0 Å². The van der Waals surface area contributed by atoms with Gasteiger partial charge < -0.3 is 25.8 Å². The topological polar surface area (TPSA) is 183 Å². The number of hydrogen-bond donors (Lipinski definition) is 6. The molecule has 0 radical (unpaired) electrons. The Hall–Kier alpha value is -3.84. The first-order chi connectivity index (χ1) is 17.1. The number of rotatable bonds is 10. The molecule has 2 aromatic carbocycles. The second kappa shape index (κ2) is 12.4. The molecule has 2 aromatic rings. The van der Waals surface area contributed by atoms with E-state index < -0.39 is 45.9 Å². The summed E-state index contributed by atoms with van der Waals surface area (Å²) < 4.78 is 38.0. The maximum absolute atomic E-state index is 13.2. The third-order valence-electron chi connectivity index (χ3n) is 4.90. The standard InChI is InChI=1S/C24H32N4O8S/c1-24(2,3)36-23(32)27-20(14-16-7-11-18(29)12-8-16)22(31)26-19(21(30)25-4)13-15-5-9-17(10-6-15)28-37(33,34)35/h5-12,19-20,28-29H,13-14H2,1-4H3,(H,25,30)(H,26,31)(H,27,32)(H,33,34,35). The Kier molecular flexibility index (Phi) is 9.86. The number of ether oxygens (including phenoxy) is 1. The molecule has 2 rings (SSSR count). The van der Waals surface area contributed by atoms with Gasteiger partial charge in [0.2, 0.25) is 11.8 Å². The van der Waals surface area contributed by atoms with E-state index >= 15 is 0 Å². The van der Waals surface area contributed by atoms with Crippen molar-refractivity contribution in [1.82, 2.24) is 16.0 Å². The molecule has 0 aliphatic carbocycles. The lowest BCUT2D eigenvalue weighted by molar-refractivity contribution is -0.129. The van der Waals surface area contributed by atoms with Gasteiger partial charge in [-0.1, -0.05) is 24.3 Å². The van der Waals surface area contributed by atoms with E-state index in [1.165, 1.54) is 43.4 Å². The molecule has 3 amide bonds. The van der Waals surface area contributed by atoms with Crippen LogP contribution in [0.3, 0.4) is 0 Å². The molecule has 0 aromatic heterocycles. The summed E-state index contributed by atoms with van der Waals surface area (Å²) in [5.41, 5.74) is 0.546. The van der Waals surface area contributed by atoms with Gasteiger partial charge in [-0.25, -0.2) is 4.79 Å². The number of benzene rings is 2. The lowest BCUT2D eigenvalue weighted by atomic mass is 10.0. The van der Waals surface area contributed by atoms with E-state index in [0.717, 1.165) is 0 Å². The first-order valence-electron chi connectivity index (χ1n) is 11.3. The van der Waals surface area contributed by atoms with Crippen molar-refractivity contribution in [3.63, 3.8) is 0 Å². The first kappa shape index (κ1) is 29.4. The number of phenols is 1. The molecule has 6 N–H and O–H groups in total. The predicted octanol–water partition coefficient (Wildman–Crippen LogP) is 1.52. The van der Waals surface area contributed by atoms with Crippen molar-refractivity contribution in [2.24, 2.45) is 0 Å². The number of hydrogen-bond acceptors (Lipinski definition) is 7. The van der Waals surface area contributed by atoms with Gasteiger partial charge in [-0.2, -0.15) is 8.42 Å². The van der Waals surface area contributed by atoms with Gasteiger partial charge in [0.15, 0.2) is 0 Å². The highest BCUT2D eigenvalue weighted by atomic mass is 32.2. The molecule has 0 saturated carbocycles. The van der Waals surface area contributed by atoms with Crippen LogP contribution in [0.5, 0.6) is 5.75 Å². The quantitative estimate of drug-likeness (QED) is 0.247. The van der Waals surface area contributed by atoms with Gasteiger partial charge in [-0.05, 0) is 56.2 Å². The van der Waals surface area contributed by atoms with Gasteiger partial charge in [-0.3, -0.25) is 18.9 Å². The van der Waals surface area contributed by atoms with Crippen molar-refractivity contribution in [2.45, 2.75) is 51.3 Å². The molecule has 0 bridgehead atoms. The zero-order valence-corrected chi connectivity index (χ0v) is 21.8. The Morgan fingerprint density at radius 1 is 0.865 bits per heavy atom. The van der Waals surface area contributed by atoms with Crippen LogP contribution in [0.1, 0.15) is 31.9 Å². The second-order valence-corrected chi connectivity index (χ2v) is 10.4. The zero-order valence-electron chi connectivity index (χ0n) is 20.9. The average molecular weight is 537 g/mol. The van der Waals surface area contributed by atoms with E-state index in [-0.39, 0.29) is 24.3 Å². The maximum atomic E-state index is 13.2. The van der Waals surface area contributed by atoms with Crippen LogP contribution in [0.25, 0.3) is 0 Å². The zero-order chi connectivity index (χ0) is 27.8. The predicted molar refractivity (Wildman–Crippen MR) is 136 cm³/mol. The maximum Gasteiger partial charge on any atom is 0.408 e. The minimum Gasteiger partial charge on any atom is -0.508 e. The number of phenolic OH excluding ortho intramolecular Hbond substituents is 1. The minimum atomic E-state index is -4.44. The van der Waals surface area contributed by atoms with E-state index in [1.807, 2.05) is 4.72 Å². The third-order valence-corrected chi connectivity index (χ3v) is 5.40.